The molecule has 0 aliphatic rings. The van der Waals surface area contributed by atoms with Crippen molar-refractivity contribution in [1.29, 1.82) is 0 Å². The van der Waals surface area contributed by atoms with Gasteiger partial charge in [-0.15, -0.1) is 0 Å². The van der Waals surface area contributed by atoms with Gasteiger partial charge in [0, 0.05) is 6.54 Å². The van der Waals surface area contributed by atoms with Crippen molar-refractivity contribution in [3.63, 3.8) is 0 Å². The lowest BCUT2D eigenvalue weighted by Crippen LogP contribution is -1.91. The van der Waals surface area contributed by atoms with Crippen LogP contribution in [0.5, 0.6) is 0 Å². The molecule has 0 heterocycles. The average molecular weight is 133 g/mol. The van der Waals surface area contributed by atoms with E-state index >= 15 is 0 Å². The number of benzene rings is 1. The molecule has 0 fully saturated rings. The van der Waals surface area contributed by atoms with Crippen LogP contribution >= 0.6 is 0 Å². The van der Waals surface area contributed by atoms with Crippen molar-refractivity contribution in [2.45, 2.75) is 0 Å². The highest BCUT2D eigenvalue weighted by molar-refractivity contribution is 5.48. The van der Waals surface area contributed by atoms with Crippen LogP contribution in [-0.2, 0) is 0 Å². The Hall–Kier alpha value is -1.08. The molecule has 52 valence electrons. The molecule has 0 saturated heterocycles. The summed E-state index contributed by atoms with van der Waals surface area (Å²) in [6.07, 6.45) is 3.95. The number of rotatable bonds is 2. The number of nitrogens with two attached hydrogens (primary N) is 1. The Balaban J connectivity index is 2.67. The molecule has 1 aromatic carbocycles. The molecule has 10 heavy (non-hydrogen) atoms. The highest BCUT2D eigenvalue weighted by Crippen LogP contribution is 1.99. The summed E-state index contributed by atoms with van der Waals surface area (Å²) in [5.74, 6) is 0. The third-order valence-corrected chi connectivity index (χ3v) is 1.25. The molecule has 0 bridgehead atoms. The average Bonchev–Trinajstić information content (AvgIpc) is 2.03. The minimum Gasteiger partial charge on any atom is -0.327 e. The Kier molecular flexibility index (Phi) is 2.71. The maximum atomic E-state index is 5.29. The Labute approximate surface area is 61.2 Å². The Morgan fingerprint density at radius 1 is 1.20 bits per heavy atom. The Bertz CT molecular complexity index is 201. The van der Waals surface area contributed by atoms with Gasteiger partial charge >= 0.3 is 0 Å². The second kappa shape index (κ2) is 3.85. The van der Waals surface area contributed by atoms with E-state index in [2.05, 4.69) is 0 Å². The summed E-state index contributed by atoms with van der Waals surface area (Å²) in [7, 11) is 0. The van der Waals surface area contributed by atoms with Crippen LogP contribution in [0.2, 0.25) is 0 Å². The zero-order chi connectivity index (χ0) is 7.23. The molecule has 1 aromatic rings. The normalized spacial score (nSPS) is 10.5. The van der Waals surface area contributed by atoms with Crippen molar-refractivity contribution in [2.24, 2.45) is 5.73 Å². The molecule has 0 aromatic heterocycles. The maximum absolute atomic E-state index is 5.29. The van der Waals surface area contributed by atoms with Crippen LogP contribution in [-0.4, -0.2) is 6.54 Å². The molecule has 1 rings (SSSR count). The van der Waals surface area contributed by atoms with Gasteiger partial charge in [0.05, 0.1) is 0 Å². The van der Waals surface area contributed by atoms with Crippen LogP contribution in [0.3, 0.4) is 0 Å². The molecule has 0 spiro atoms. The fourth-order valence-corrected chi connectivity index (χ4v) is 0.768. The molecule has 0 atom stereocenters. The Morgan fingerprint density at radius 3 is 2.50 bits per heavy atom. The lowest BCUT2D eigenvalue weighted by Gasteiger charge is -1.88. The molecular formula is C9H11N. The van der Waals surface area contributed by atoms with Gasteiger partial charge in [-0.2, -0.15) is 0 Å². The van der Waals surface area contributed by atoms with Crippen molar-refractivity contribution in [2.75, 3.05) is 6.54 Å². The van der Waals surface area contributed by atoms with Crippen LogP contribution in [0.1, 0.15) is 5.56 Å². The van der Waals surface area contributed by atoms with E-state index in [4.69, 9.17) is 5.73 Å². The molecule has 0 unspecified atom stereocenters. The van der Waals surface area contributed by atoms with E-state index in [9.17, 15) is 0 Å². The number of hydrogen-bond acceptors (Lipinski definition) is 1. The highest BCUT2D eigenvalue weighted by atomic mass is 14.5. The van der Waals surface area contributed by atoms with Crippen LogP contribution in [0.25, 0.3) is 6.08 Å². The zero-order valence-corrected chi connectivity index (χ0v) is 5.83. The molecule has 0 aliphatic carbocycles. The SMILES string of the molecule is NC/C=C/c1ccccc1. The van der Waals surface area contributed by atoms with Gasteiger partial charge in [0.15, 0.2) is 0 Å². The number of hydrogen-bond donors (Lipinski definition) is 1. The van der Waals surface area contributed by atoms with Gasteiger partial charge in [0.1, 0.15) is 0 Å². The predicted molar refractivity (Wildman–Crippen MR) is 44.5 cm³/mol. The molecule has 0 radical (unpaired) electrons. The maximum Gasteiger partial charge on any atom is 0.0110 e. The summed E-state index contributed by atoms with van der Waals surface area (Å²) in [6.45, 7) is 0.606. The highest BCUT2D eigenvalue weighted by Gasteiger charge is 1.79. The monoisotopic (exact) mass is 133 g/mol. The first kappa shape index (κ1) is 7.03. The van der Waals surface area contributed by atoms with Crippen molar-refractivity contribution >= 4 is 6.08 Å². The lowest BCUT2D eigenvalue weighted by molar-refractivity contribution is 1.26. The van der Waals surface area contributed by atoms with E-state index in [1.54, 1.807) is 0 Å². The molecular weight excluding hydrogens is 122 g/mol. The minimum absolute atomic E-state index is 0.606. The van der Waals surface area contributed by atoms with Gasteiger partial charge in [-0.05, 0) is 5.56 Å². The van der Waals surface area contributed by atoms with Gasteiger partial charge in [0.25, 0.3) is 0 Å². The first-order valence-electron chi connectivity index (χ1n) is 3.35. The fraction of sp³-hybridized carbons (Fsp3) is 0.111. The van der Waals surface area contributed by atoms with Crippen LogP contribution < -0.4 is 5.73 Å². The summed E-state index contributed by atoms with van der Waals surface area (Å²) in [5, 5.41) is 0. The van der Waals surface area contributed by atoms with E-state index < -0.39 is 0 Å². The zero-order valence-electron chi connectivity index (χ0n) is 5.83. The van der Waals surface area contributed by atoms with E-state index in [0.717, 1.165) is 0 Å². The third-order valence-electron chi connectivity index (χ3n) is 1.25. The molecule has 1 nitrogen and oxygen atoms in total. The van der Waals surface area contributed by atoms with Gasteiger partial charge in [-0.1, -0.05) is 42.5 Å². The van der Waals surface area contributed by atoms with Gasteiger partial charge < -0.3 is 5.73 Å². The minimum atomic E-state index is 0.606. The van der Waals surface area contributed by atoms with Crippen LogP contribution in [0, 0.1) is 0 Å². The van der Waals surface area contributed by atoms with Crippen LogP contribution in [0.15, 0.2) is 36.4 Å². The van der Waals surface area contributed by atoms with Crippen LogP contribution in [0.4, 0.5) is 0 Å². The molecule has 0 saturated carbocycles. The van der Waals surface area contributed by atoms with E-state index in [-0.39, 0.29) is 0 Å². The lowest BCUT2D eigenvalue weighted by atomic mass is 10.2. The van der Waals surface area contributed by atoms with E-state index in [1.807, 2.05) is 42.5 Å². The molecule has 1 heteroatoms. The topological polar surface area (TPSA) is 26.0 Å². The largest absolute Gasteiger partial charge is 0.327 e. The second-order valence-corrected chi connectivity index (χ2v) is 2.05. The van der Waals surface area contributed by atoms with E-state index in [0.29, 0.717) is 6.54 Å². The van der Waals surface area contributed by atoms with Crippen molar-refractivity contribution in [1.82, 2.24) is 0 Å². The summed E-state index contributed by atoms with van der Waals surface area (Å²) >= 11 is 0. The second-order valence-electron chi connectivity index (χ2n) is 2.05. The molecule has 0 aliphatic heterocycles. The van der Waals surface area contributed by atoms with Crippen molar-refractivity contribution in [3.8, 4) is 0 Å². The summed E-state index contributed by atoms with van der Waals surface area (Å²) < 4.78 is 0. The smallest absolute Gasteiger partial charge is 0.0110 e. The summed E-state index contributed by atoms with van der Waals surface area (Å²) in [6, 6.07) is 10.1. The van der Waals surface area contributed by atoms with Gasteiger partial charge in [-0.3, -0.25) is 0 Å². The van der Waals surface area contributed by atoms with Crippen molar-refractivity contribution < 1.29 is 0 Å². The first-order valence-corrected chi connectivity index (χ1v) is 3.35. The summed E-state index contributed by atoms with van der Waals surface area (Å²) in [5.41, 5.74) is 6.49. The Morgan fingerprint density at radius 2 is 1.90 bits per heavy atom. The van der Waals surface area contributed by atoms with Gasteiger partial charge in [0.2, 0.25) is 0 Å². The molecule has 0 amide bonds. The third kappa shape index (κ3) is 2.03. The summed E-state index contributed by atoms with van der Waals surface area (Å²) in [4.78, 5) is 0. The first-order chi connectivity index (χ1) is 4.93. The standard InChI is InChI=1S/C9H11N/c10-8-4-7-9-5-2-1-3-6-9/h1-7H,8,10H2/b7-4+. The predicted octanol–water partition coefficient (Wildman–Crippen LogP) is 1.66. The van der Waals surface area contributed by atoms with Gasteiger partial charge in [-0.25, -0.2) is 0 Å². The molecule has 2 N–H and O–H groups in total. The van der Waals surface area contributed by atoms with E-state index in [1.165, 1.54) is 5.56 Å². The van der Waals surface area contributed by atoms with Crippen molar-refractivity contribution in [3.05, 3.63) is 42.0 Å². The fourth-order valence-electron chi connectivity index (χ4n) is 0.768. The quantitative estimate of drug-likeness (QED) is 0.652.